The molecule has 5 rings (SSSR count). The molecule has 0 unspecified atom stereocenters. The number of allylic oxidation sites excluding steroid dienone is 2. The van der Waals surface area contributed by atoms with Crippen molar-refractivity contribution in [2.45, 2.75) is 46.0 Å². The average Bonchev–Trinajstić information content (AvgIpc) is 2.81. The Labute approximate surface area is 97.3 Å². The molecule has 0 aromatic carbocycles. The van der Waals surface area contributed by atoms with Gasteiger partial charge in [-0.15, -0.1) is 0 Å². The van der Waals surface area contributed by atoms with Gasteiger partial charge in [-0.3, -0.25) is 4.79 Å². The van der Waals surface area contributed by atoms with E-state index in [1.54, 1.807) is 0 Å². The minimum absolute atomic E-state index is 0.225. The Morgan fingerprint density at radius 1 is 1.31 bits per heavy atom. The first-order chi connectivity index (χ1) is 7.54. The summed E-state index contributed by atoms with van der Waals surface area (Å²) in [6.07, 6.45) is 8.80. The van der Waals surface area contributed by atoms with Gasteiger partial charge in [0.2, 0.25) is 0 Å². The molecular formula is C15H20O. The summed E-state index contributed by atoms with van der Waals surface area (Å²) < 4.78 is 0. The van der Waals surface area contributed by atoms with Gasteiger partial charge >= 0.3 is 0 Å². The van der Waals surface area contributed by atoms with Crippen LogP contribution in [-0.2, 0) is 4.79 Å². The van der Waals surface area contributed by atoms with E-state index < -0.39 is 0 Å². The summed E-state index contributed by atoms with van der Waals surface area (Å²) in [5.41, 5.74) is 2.43. The fourth-order valence-corrected chi connectivity index (χ4v) is 4.96. The summed E-state index contributed by atoms with van der Waals surface area (Å²) in [4.78, 5) is 12.1. The zero-order chi connectivity index (χ0) is 11.1. The van der Waals surface area contributed by atoms with Crippen molar-refractivity contribution < 1.29 is 4.79 Å². The van der Waals surface area contributed by atoms with Crippen LogP contribution in [0.3, 0.4) is 0 Å². The number of ketones is 1. The minimum atomic E-state index is 0.225. The first kappa shape index (κ1) is 9.44. The lowest BCUT2D eigenvalue weighted by Crippen LogP contribution is -2.48. The first-order valence-corrected chi connectivity index (χ1v) is 6.76. The van der Waals surface area contributed by atoms with E-state index in [4.69, 9.17) is 0 Å². The van der Waals surface area contributed by atoms with Crippen molar-refractivity contribution in [2.75, 3.05) is 0 Å². The summed E-state index contributed by atoms with van der Waals surface area (Å²) in [5.74, 6) is 2.36. The van der Waals surface area contributed by atoms with Crippen LogP contribution >= 0.6 is 0 Å². The third-order valence-electron chi connectivity index (χ3n) is 6.32. The highest BCUT2D eigenvalue weighted by Gasteiger charge is 2.63. The molecule has 5 aliphatic carbocycles. The second-order valence-corrected chi connectivity index (χ2v) is 7.11. The van der Waals surface area contributed by atoms with Gasteiger partial charge < -0.3 is 0 Å². The molecular weight excluding hydrogens is 196 g/mol. The lowest BCUT2D eigenvalue weighted by atomic mass is 9.52. The van der Waals surface area contributed by atoms with Crippen molar-refractivity contribution in [1.82, 2.24) is 0 Å². The van der Waals surface area contributed by atoms with E-state index in [1.165, 1.54) is 31.3 Å². The second kappa shape index (κ2) is 2.47. The smallest absolute Gasteiger partial charge is 0.140 e. The number of carbonyl (C=O) groups is 1. The number of Topliss-reactive ketones (excluding diaryl/α,β-unsaturated/α-hetero) is 1. The minimum Gasteiger partial charge on any atom is -0.299 e. The Bertz CT molecular complexity index is 415. The molecule has 0 N–H and O–H groups in total. The molecule has 1 nitrogen and oxygen atoms in total. The largest absolute Gasteiger partial charge is 0.299 e. The number of hydrogen-bond acceptors (Lipinski definition) is 1. The Kier molecular flexibility index (Phi) is 1.46. The molecule has 0 aliphatic heterocycles. The third kappa shape index (κ3) is 0.919. The Hall–Kier alpha value is -0.590. The van der Waals surface area contributed by atoms with E-state index in [2.05, 4.69) is 19.9 Å². The van der Waals surface area contributed by atoms with Gasteiger partial charge in [0.1, 0.15) is 5.78 Å². The van der Waals surface area contributed by atoms with Gasteiger partial charge in [-0.2, -0.15) is 0 Å². The summed E-state index contributed by atoms with van der Waals surface area (Å²) in [6, 6.07) is 0. The highest BCUT2D eigenvalue weighted by Crippen LogP contribution is 2.70. The highest BCUT2D eigenvalue weighted by atomic mass is 16.1. The second-order valence-electron chi connectivity index (χ2n) is 7.11. The van der Waals surface area contributed by atoms with E-state index in [0.717, 1.165) is 12.3 Å². The maximum absolute atomic E-state index is 12.1. The van der Waals surface area contributed by atoms with Crippen LogP contribution in [-0.4, -0.2) is 5.78 Å². The van der Waals surface area contributed by atoms with E-state index in [9.17, 15) is 4.79 Å². The average molecular weight is 216 g/mol. The van der Waals surface area contributed by atoms with Crippen molar-refractivity contribution in [3.8, 4) is 0 Å². The monoisotopic (exact) mass is 216 g/mol. The van der Waals surface area contributed by atoms with Crippen LogP contribution in [0.5, 0.6) is 0 Å². The van der Waals surface area contributed by atoms with Crippen molar-refractivity contribution >= 4 is 5.78 Å². The van der Waals surface area contributed by atoms with Gasteiger partial charge in [0, 0.05) is 12.3 Å². The zero-order valence-corrected chi connectivity index (χ0v) is 10.3. The quantitative estimate of drug-likeness (QED) is 0.567. The number of fused-ring (bicyclic) bond motifs is 1. The predicted molar refractivity (Wildman–Crippen MR) is 62.9 cm³/mol. The van der Waals surface area contributed by atoms with E-state index in [1.807, 2.05) is 0 Å². The Morgan fingerprint density at radius 2 is 2.06 bits per heavy atom. The summed E-state index contributed by atoms with van der Waals surface area (Å²) >= 11 is 0. The first-order valence-electron chi connectivity index (χ1n) is 6.76. The van der Waals surface area contributed by atoms with Crippen LogP contribution in [0.1, 0.15) is 46.0 Å². The zero-order valence-electron chi connectivity index (χ0n) is 10.3. The molecule has 2 bridgehead atoms. The van der Waals surface area contributed by atoms with Crippen LogP contribution in [0.4, 0.5) is 0 Å². The Balaban J connectivity index is 1.82. The van der Waals surface area contributed by atoms with Crippen molar-refractivity contribution in [3.05, 3.63) is 11.6 Å². The molecule has 16 heavy (non-hydrogen) atoms. The molecule has 0 saturated heterocycles. The molecule has 86 valence electrons. The maximum atomic E-state index is 12.1. The topological polar surface area (TPSA) is 17.1 Å². The molecule has 0 aromatic heterocycles. The van der Waals surface area contributed by atoms with Gasteiger partial charge in [0.25, 0.3) is 0 Å². The number of rotatable bonds is 0. The van der Waals surface area contributed by atoms with Crippen LogP contribution in [0.15, 0.2) is 11.6 Å². The SMILES string of the molecule is CC1=C[C@@H]2C(=O)C[C@@]1(C)[C@@H]1CC3(CC3)C[C@H]21. The molecule has 1 heteroatoms. The van der Waals surface area contributed by atoms with Crippen molar-refractivity contribution in [1.29, 1.82) is 0 Å². The molecule has 3 saturated carbocycles. The van der Waals surface area contributed by atoms with Gasteiger partial charge in [-0.25, -0.2) is 0 Å². The van der Waals surface area contributed by atoms with Crippen LogP contribution < -0.4 is 0 Å². The summed E-state index contributed by atoms with van der Waals surface area (Å²) in [7, 11) is 0. The molecule has 0 aromatic rings. The van der Waals surface area contributed by atoms with Gasteiger partial charge in [-0.1, -0.05) is 18.6 Å². The summed E-state index contributed by atoms with van der Waals surface area (Å²) in [6.45, 7) is 4.61. The van der Waals surface area contributed by atoms with E-state index in [-0.39, 0.29) is 5.41 Å². The standard InChI is InChI=1S/C15H20O/c1-9-5-10-11-6-15(3-4-15)7-12(11)14(9,2)8-13(10)16/h5,10-12H,3-4,6-8H2,1-2H3/t10-,11+,12+,14+/m0/s1. The lowest BCUT2D eigenvalue weighted by molar-refractivity contribution is -0.132. The van der Waals surface area contributed by atoms with Gasteiger partial charge in [0.15, 0.2) is 0 Å². The fraction of sp³-hybridized carbons (Fsp3) is 0.800. The maximum Gasteiger partial charge on any atom is 0.140 e. The molecule has 1 spiro atoms. The Morgan fingerprint density at radius 3 is 2.75 bits per heavy atom. The lowest BCUT2D eigenvalue weighted by Gasteiger charge is -2.51. The molecule has 0 radical (unpaired) electrons. The van der Waals surface area contributed by atoms with Crippen LogP contribution in [0, 0.1) is 28.6 Å². The predicted octanol–water partition coefficient (Wildman–Crippen LogP) is 3.35. The molecule has 0 amide bonds. The highest BCUT2D eigenvalue weighted by molar-refractivity contribution is 5.87. The summed E-state index contributed by atoms with van der Waals surface area (Å²) in [5, 5.41) is 0. The van der Waals surface area contributed by atoms with Crippen molar-refractivity contribution in [2.24, 2.45) is 28.6 Å². The number of carbonyl (C=O) groups excluding carboxylic acids is 1. The molecule has 0 heterocycles. The van der Waals surface area contributed by atoms with Gasteiger partial charge in [-0.05, 0) is 55.3 Å². The van der Waals surface area contributed by atoms with Crippen LogP contribution in [0.25, 0.3) is 0 Å². The van der Waals surface area contributed by atoms with E-state index >= 15 is 0 Å². The van der Waals surface area contributed by atoms with E-state index in [0.29, 0.717) is 23.0 Å². The molecule has 4 atom stereocenters. The molecule has 3 fully saturated rings. The third-order valence-corrected chi connectivity index (χ3v) is 6.32. The van der Waals surface area contributed by atoms with Gasteiger partial charge in [0.05, 0.1) is 0 Å². The molecule has 5 aliphatic rings. The number of hydrogen-bond donors (Lipinski definition) is 0. The normalized spacial score (nSPS) is 51.8. The fourth-order valence-electron chi connectivity index (χ4n) is 4.96. The van der Waals surface area contributed by atoms with Crippen LogP contribution in [0.2, 0.25) is 0 Å². The van der Waals surface area contributed by atoms with Crippen molar-refractivity contribution in [3.63, 3.8) is 0 Å².